The minimum atomic E-state index is 0.339. The summed E-state index contributed by atoms with van der Waals surface area (Å²) in [5.41, 5.74) is 1.25. The first-order valence-corrected chi connectivity index (χ1v) is 7.11. The molecule has 1 aromatic rings. The molecule has 0 amide bonds. The van der Waals surface area contributed by atoms with Crippen LogP contribution in [0.2, 0.25) is 0 Å². The van der Waals surface area contributed by atoms with Gasteiger partial charge in [0.1, 0.15) is 5.75 Å². The van der Waals surface area contributed by atoms with E-state index in [1.54, 1.807) is 12.1 Å². The third-order valence-corrected chi connectivity index (χ3v) is 4.29. The molecule has 4 atom stereocenters. The number of benzene rings is 1. The van der Waals surface area contributed by atoms with Crippen molar-refractivity contribution in [2.45, 2.75) is 52.1 Å². The van der Waals surface area contributed by atoms with E-state index in [0.29, 0.717) is 17.8 Å². The van der Waals surface area contributed by atoms with Crippen molar-refractivity contribution in [3.05, 3.63) is 29.8 Å². The van der Waals surface area contributed by atoms with Gasteiger partial charge < -0.3 is 10.4 Å². The first-order valence-electron chi connectivity index (χ1n) is 7.11. The highest BCUT2D eigenvalue weighted by Crippen LogP contribution is 2.30. The minimum Gasteiger partial charge on any atom is -0.508 e. The maximum absolute atomic E-state index is 9.31. The fraction of sp³-hybridized carbons (Fsp3) is 0.625. The molecule has 1 aliphatic carbocycles. The van der Waals surface area contributed by atoms with Crippen molar-refractivity contribution < 1.29 is 5.11 Å². The van der Waals surface area contributed by atoms with Crippen molar-refractivity contribution in [2.24, 2.45) is 11.8 Å². The van der Waals surface area contributed by atoms with Gasteiger partial charge in [-0.25, -0.2) is 0 Å². The molecule has 0 aliphatic heterocycles. The van der Waals surface area contributed by atoms with Gasteiger partial charge in [0.2, 0.25) is 0 Å². The molecule has 100 valence electrons. The topological polar surface area (TPSA) is 32.3 Å². The standard InChI is InChI=1S/C16H25NO/c1-11-4-9-16(12(2)10-11)17-13(3)14-5-7-15(18)8-6-14/h5-8,11-13,16-18H,4,9-10H2,1-3H3. The Labute approximate surface area is 110 Å². The van der Waals surface area contributed by atoms with Gasteiger partial charge in [-0.2, -0.15) is 0 Å². The molecule has 4 unspecified atom stereocenters. The van der Waals surface area contributed by atoms with Gasteiger partial charge in [-0.05, 0) is 55.7 Å². The van der Waals surface area contributed by atoms with Gasteiger partial charge in [-0.3, -0.25) is 0 Å². The van der Waals surface area contributed by atoms with Crippen molar-refractivity contribution in [1.29, 1.82) is 0 Å². The Morgan fingerprint density at radius 2 is 1.83 bits per heavy atom. The highest BCUT2D eigenvalue weighted by Gasteiger charge is 2.26. The molecule has 0 aromatic heterocycles. The van der Waals surface area contributed by atoms with E-state index >= 15 is 0 Å². The van der Waals surface area contributed by atoms with Crippen LogP contribution in [0.3, 0.4) is 0 Å². The van der Waals surface area contributed by atoms with Crippen molar-refractivity contribution in [3.63, 3.8) is 0 Å². The Morgan fingerprint density at radius 3 is 2.44 bits per heavy atom. The molecule has 2 heteroatoms. The predicted octanol–water partition coefficient (Wildman–Crippen LogP) is 3.87. The van der Waals surface area contributed by atoms with Crippen molar-refractivity contribution in [2.75, 3.05) is 0 Å². The Bertz CT molecular complexity index is 373. The summed E-state index contributed by atoms with van der Waals surface area (Å²) in [5, 5.41) is 13.1. The molecular weight excluding hydrogens is 222 g/mol. The fourth-order valence-electron chi connectivity index (χ4n) is 3.09. The van der Waals surface area contributed by atoms with E-state index in [4.69, 9.17) is 0 Å². The van der Waals surface area contributed by atoms with Gasteiger partial charge in [-0.15, -0.1) is 0 Å². The maximum atomic E-state index is 9.31. The van der Waals surface area contributed by atoms with Crippen LogP contribution in [0.1, 0.15) is 51.6 Å². The molecule has 0 radical (unpaired) electrons. The average molecular weight is 247 g/mol. The number of phenolic OH excluding ortho intramolecular Hbond substituents is 1. The number of aromatic hydroxyl groups is 1. The van der Waals surface area contributed by atoms with Crippen LogP contribution in [-0.2, 0) is 0 Å². The van der Waals surface area contributed by atoms with Crippen LogP contribution < -0.4 is 5.32 Å². The lowest BCUT2D eigenvalue weighted by Gasteiger charge is -2.35. The Hall–Kier alpha value is -1.02. The molecule has 1 aromatic carbocycles. The number of hydrogen-bond acceptors (Lipinski definition) is 2. The van der Waals surface area contributed by atoms with Gasteiger partial charge in [0.05, 0.1) is 0 Å². The van der Waals surface area contributed by atoms with Crippen LogP contribution in [0.4, 0.5) is 0 Å². The monoisotopic (exact) mass is 247 g/mol. The second-order valence-electron chi connectivity index (χ2n) is 5.98. The summed E-state index contributed by atoms with van der Waals surface area (Å²) >= 11 is 0. The molecule has 1 fully saturated rings. The molecule has 0 saturated heterocycles. The van der Waals surface area contributed by atoms with E-state index < -0.39 is 0 Å². The molecule has 0 heterocycles. The summed E-state index contributed by atoms with van der Waals surface area (Å²) in [6.07, 6.45) is 3.95. The van der Waals surface area contributed by atoms with Gasteiger partial charge in [-0.1, -0.05) is 26.0 Å². The van der Waals surface area contributed by atoms with E-state index in [1.807, 2.05) is 12.1 Å². The summed E-state index contributed by atoms with van der Waals surface area (Å²) in [4.78, 5) is 0. The van der Waals surface area contributed by atoms with Crippen LogP contribution in [0.15, 0.2) is 24.3 Å². The summed E-state index contributed by atoms with van der Waals surface area (Å²) < 4.78 is 0. The second-order valence-corrected chi connectivity index (χ2v) is 5.98. The Morgan fingerprint density at radius 1 is 1.17 bits per heavy atom. The largest absolute Gasteiger partial charge is 0.508 e. The summed E-state index contributed by atoms with van der Waals surface area (Å²) in [7, 11) is 0. The number of phenols is 1. The number of rotatable bonds is 3. The predicted molar refractivity (Wildman–Crippen MR) is 75.6 cm³/mol. The number of hydrogen-bond donors (Lipinski definition) is 2. The van der Waals surface area contributed by atoms with Gasteiger partial charge >= 0.3 is 0 Å². The molecule has 0 spiro atoms. The molecule has 2 N–H and O–H groups in total. The van der Waals surface area contributed by atoms with Crippen molar-refractivity contribution >= 4 is 0 Å². The quantitative estimate of drug-likeness (QED) is 0.850. The highest BCUT2D eigenvalue weighted by molar-refractivity contribution is 5.27. The van der Waals surface area contributed by atoms with Crippen molar-refractivity contribution in [3.8, 4) is 5.75 Å². The van der Waals surface area contributed by atoms with Gasteiger partial charge in [0.15, 0.2) is 0 Å². The van der Waals surface area contributed by atoms with E-state index in [0.717, 1.165) is 11.8 Å². The second kappa shape index (κ2) is 5.75. The molecule has 0 bridgehead atoms. The fourth-order valence-corrected chi connectivity index (χ4v) is 3.09. The number of nitrogens with one attached hydrogen (secondary N) is 1. The van der Waals surface area contributed by atoms with Crippen LogP contribution in [0, 0.1) is 11.8 Å². The Kier molecular flexibility index (Phi) is 4.28. The summed E-state index contributed by atoms with van der Waals surface area (Å²) in [6, 6.07) is 8.52. The molecule has 18 heavy (non-hydrogen) atoms. The SMILES string of the molecule is CC1CCC(NC(C)c2ccc(O)cc2)C(C)C1. The van der Waals surface area contributed by atoms with E-state index in [-0.39, 0.29) is 0 Å². The zero-order valence-electron chi connectivity index (χ0n) is 11.7. The van der Waals surface area contributed by atoms with E-state index in [2.05, 4.69) is 26.1 Å². The van der Waals surface area contributed by atoms with Crippen LogP contribution in [-0.4, -0.2) is 11.1 Å². The first kappa shape index (κ1) is 13.4. The maximum Gasteiger partial charge on any atom is 0.115 e. The van der Waals surface area contributed by atoms with Crippen molar-refractivity contribution in [1.82, 2.24) is 5.32 Å². The average Bonchev–Trinajstić information content (AvgIpc) is 2.33. The smallest absolute Gasteiger partial charge is 0.115 e. The first-order chi connectivity index (χ1) is 8.56. The molecule has 2 nitrogen and oxygen atoms in total. The Balaban J connectivity index is 1.94. The molecular formula is C16H25NO. The van der Waals surface area contributed by atoms with Crippen LogP contribution >= 0.6 is 0 Å². The lowest BCUT2D eigenvalue weighted by Crippen LogP contribution is -2.40. The summed E-state index contributed by atoms with van der Waals surface area (Å²) in [6.45, 7) is 6.92. The third kappa shape index (κ3) is 3.26. The highest BCUT2D eigenvalue weighted by atomic mass is 16.3. The normalized spacial score (nSPS) is 30.1. The zero-order valence-corrected chi connectivity index (χ0v) is 11.7. The zero-order chi connectivity index (χ0) is 13.1. The molecule has 2 rings (SSSR count). The lowest BCUT2D eigenvalue weighted by atomic mass is 9.79. The minimum absolute atomic E-state index is 0.339. The van der Waals surface area contributed by atoms with Crippen LogP contribution in [0.25, 0.3) is 0 Å². The van der Waals surface area contributed by atoms with Crippen LogP contribution in [0.5, 0.6) is 5.75 Å². The lowest BCUT2D eigenvalue weighted by molar-refractivity contribution is 0.216. The van der Waals surface area contributed by atoms with Gasteiger partial charge in [0.25, 0.3) is 0 Å². The van der Waals surface area contributed by atoms with Gasteiger partial charge in [0, 0.05) is 12.1 Å². The van der Waals surface area contributed by atoms with E-state index in [1.165, 1.54) is 24.8 Å². The third-order valence-electron chi connectivity index (χ3n) is 4.29. The molecule has 1 saturated carbocycles. The summed E-state index contributed by atoms with van der Waals surface area (Å²) in [5.74, 6) is 1.97. The van der Waals surface area contributed by atoms with E-state index in [9.17, 15) is 5.11 Å². The molecule has 1 aliphatic rings.